The third-order valence-corrected chi connectivity index (χ3v) is 4.03. The number of halogens is 1. The Balaban J connectivity index is 2.09. The molecule has 28 heavy (non-hydrogen) atoms. The second-order valence-electron chi connectivity index (χ2n) is 5.55. The van der Waals surface area contributed by atoms with Gasteiger partial charge in [0.2, 0.25) is 5.88 Å². The minimum atomic E-state index is -1.41. The van der Waals surface area contributed by atoms with E-state index in [1.54, 1.807) is 0 Å². The number of rotatable bonds is 4. The van der Waals surface area contributed by atoms with Crippen molar-refractivity contribution in [2.75, 3.05) is 0 Å². The molecule has 142 valence electrons. The molecule has 0 aliphatic heterocycles. The first-order chi connectivity index (χ1) is 13.3. The number of nitrogens with one attached hydrogen (secondary N) is 1. The number of aromatic nitrogens is 2. The fourth-order valence-corrected chi connectivity index (χ4v) is 2.67. The molecule has 1 heterocycles. The van der Waals surface area contributed by atoms with Crippen LogP contribution in [0.25, 0.3) is 5.69 Å². The van der Waals surface area contributed by atoms with E-state index in [2.05, 4.69) is 9.98 Å². The SMILES string of the molecule is O=C(O)c1cc(N=Cc2c(O)n(-c3ccc(F)cc3)c(=S)[nH]c2=O)ccc1[O-]. The molecule has 0 amide bonds. The van der Waals surface area contributed by atoms with Crippen molar-refractivity contribution in [1.82, 2.24) is 9.55 Å². The summed E-state index contributed by atoms with van der Waals surface area (Å²) < 4.78 is 14.1. The molecule has 0 atom stereocenters. The Labute approximate surface area is 161 Å². The number of aromatic hydroxyl groups is 1. The van der Waals surface area contributed by atoms with Crippen LogP contribution in [-0.4, -0.2) is 31.9 Å². The summed E-state index contributed by atoms with van der Waals surface area (Å²) >= 11 is 5.05. The van der Waals surface area contributed by atoms with Gasteiger partial charge in [0.1, 0.15) is 11.4 Å². The van der Waals surface area contributed by atoms with Gasteiger partial charge in [0.05, 0.1) is 16.9 Å². The first-order valence-corrected chi connectivity index (χ1v) is 8.11. The van der Waals surface area contributed by atoms with Crippen LogP contribution in [0.15, 0.2) is 52.3 Å². The Hall–Kier alpha value is -3.79. The van der Waals surface area contributed by atoms with Crippen molar-refractivity contribution in [3.63, 3.8) is 0 Å². The van der Waals surface area contributed by atoms with Crippen LogP contribution in [0.4, 0.5) is 10.1 Å². The third kappa shape index (κ3) is 3.67. The standard InChI is InChI=1S/C18H12FN3O5S/c19-9-1-4-11(5-2-9)22-16(25)13(15(24)21-18(22)28)8-20-10-3-6-14(23)12(7-10)17(26)27/h1-8,23,25H,(H,26,27)(H,21,24,28)/p-1. The molecule has 3 aromatic rings. The average molecular weight is 400 g/mol. The molecule has 3 rings (SSSR count). The molecule has 10 heteroatoms. The summed E-state index contributed by atoms with van der Waals surface area (Å²) in [5.74, 6) is -3.12. The molecule has 0 bridgehead atoms. The van der Waals surface area contributed by atoms with E-state index in [0.29, 0.717) is 5.69 Å². The van der Waals surface area contributed by atoms with Gasteiger partial charge in [0.25, 0.3) is 5.56 Å². The number of aromatic carboxylic acids is 1. The van der Waals surface area contributed by atoms with Crippen molar-refractivity contribution in [2.45, 2.75) is 0 Å². The van der Waals surface area contributed by atoms with E-state index < -0.39 is 34.5 Å². The highest BCUT2D eigenvalue weighted by atomic mass is 32.1. The van der Waals surface area contributed by atoms with E-state index in [1.165, 1.54) is 18.2 Å². The molecule has 1 aromatic heterocycles. The highest BCUT2D eigenvalue weighted by molar-refractivity contribution is 7.71. The molecule has 2 aromatic carbocycles. The predicted octanol–water partition coefficient (Wildman–Crippen LogP) is 2.26. The van der Waals surface area contributed by atoms with Crippen LogP contribution >= 0.6 is 12.2 Å². The lowest BCUT2D eigenvalue weighted by molar-refractivity contribution is -0.268. The number of nitrogens with zero attached hydrogens (tertiary/aromatic N) is 2. The summed E-state index contributed by atoms with van der Waals surface area (Å²) in [6.45, 7) is 0. The Morgan fingerprint density at radius 3 is 2.57 bits per heavy atom. The van der Waals surface area contributed by atoms with E-state index in [4.69, 9.17) is 17.3 Å². The quantitative estimate of drug-likeness (QED) is 0.455. The maximum absolute atomic E-state index is 13.1. The fourth-order valence-electron chi connectivity index (χ4n) is 2.39. The molecule has 0 spiro atoms. The zero-order chi connectivity index (χ0) is 20.4. The number of aromatic amines is 1. The first kappa shape index (κ1) is 19.0. The van der Waals surface area contributed by atoms with Crippen LogP contribution in [0.5, 0.6) is 11.6 Å². The van der Waals surface area contributed by atoms with Gasteiger partial charge >= 0.3 is 5.97 Å². The molecule has 0 unspecified atom stereocenters. The van der Waals surface area contributed by atoms with E-state index >= 15 is 0 Å². The average Bonchev–Trinajstić information content (AvgIpc) is 2.63. The van der Waals surface area contributed by atoms with Gasteiger partial charge < -0.3 is 15.3 Å². The lowest BCUT2D eigenvalue weighted by Crippen LogP contribution is -2.18. The van der Waals surface area contributed by atoms with E-state index in [1.807, 2.05) is 0 Å². The molecule has 0 radical (unpaired) electrons. The van der Waals surface area contributed by atoms with Gasteiger partial charge in [-0.25, -0.2) is 9.18 Å². The highest BCUT2D eigenvalue weighted by Crippen LogP contribution is 2.23. The topological polar surface area (TPSA) is 131 Å². The number of H-pyrrole nitrogens is 1. The summed E-state index contributed by atoms with van der Waals surface area (Å²) in [5, 5.41) is 31.0. The van der Waals surface area contributed by atoms with Crippen molar-refractivity contribution in [3.8, 4) is 17.3 Å². The van der Waals surface area contributed by atoms with Gasteiger partial charge in [-0.15, -0.1) is 0 Å². The Kier molecular flexibility index (Phi) is 5.05. The lowest BCUT2D eigenvalue weighted by Gasteiger charge is -2.11. The largest absolute Gasteiger partial charge is 0.872 e. The van der Waals surface area contributed by atoms with Crippen molar-refractivity contribution in [1.29, 1.82) is 0 Å². The second-order valence-corrected chi connectivity index (χ2v) is 5.94. The van der Waals surface area contributed by atoms with Crippen molar-refractivity contribution < 1.29 is 24.5 Å². The maximum Gasteiger partial charge on any atom is 0.335 e. The van der Waals surface area contributed by atoms with Gasteiger partial charge in [0, 0.05) is 6.21 Å². The zero-order valence-electron chi connectivity index (χ0n) is 13.9. The van der Waals surface area contributed by atoms with Crippen LogP contribution in [0, 0.1) is 10.6 Å². The van der Waals surface area contributed by atoms with Crippen LogP contribution in [0.1, 0.15) is 15.9 Å². The Morgan fingerprint density at radius 1 is 1.25 bits per heavy atom. The summed E-state index contributed by atoms with van der Waals surface area (Å²) in [7, 11) is 0. The minimum Gasteiger partial charge on any atom is -0.872 e. The normalized spacial score (nSPS) is 11.0. The number of aliphatic imine (C=N–C) groups is 1. The van der Waals surface area contributed by atoms with Gasteiger partial charge in [-0.3, -0.25) is 19.3 Å². The number of hydrogen-bond donors (Lipinski definition) is 3. The zero-order valence-corrected chi connectivity index (χ0v) is 14.7. The molecule has 0 saturated carbocycles. The van der Waals surface area contributed by atoms with Gasteiger partial charge in [-0.2, -0.15) is 0 Å². The minimum absolute atomic E-state index is 0.0894. The molecule has 0 aliphatic carbocycles. The number of carbonyl (C=O) groups is 1. The van der Waals surface area contributed by atoms with Crippen molar-refractivity contribution in [3.05, 3.63) is 74.5 Å². The highest BCUT2D eigenvalue weighted by Gasteiger charge is 2.13. The molecule has 0 fully saturated rings. The van der Waals surface area contributed by atoms with E-state index in [0.717, 1.165) is 35.0 Å². The lowest BCUT2D eigenvalue weighted by atomic mass is 10.2. The van der Waals surface area contributed by atoms with E-state index in [9.17, 15) is 24.2 Å². The molecular weight excluding hydrogens is 389 g/mol. The first-order valence-electron chi connectivity index (χ1n) is 7.70. The van der Waals surface area contributed by atoms with Crippen molar-refractivity contribution in [2.24, 2.45) is 4.99 Å². The molecular formula is C18H11FN3O5S-. The number of benzene rings is 2. The predicted molar refractivity (Wildman–Crippen MR) is 98.9 cm³/mol. The van der Waals surface area contributed by atoms with Gasteiger partial charge in [-0.05, 0) is 48.6 Å². The number of hydrogen-bond acceptors (Lipinski definition) is 6. The summed E-state index contributed by atoms with van der Waals surface area (Å²) in [4.78, 5) is 29.5. The molecule has 3 N–H and O–H groups in total. The maximum atomic E-state index is 13.1. The van der Waals surface area contributed by atoms with Crippen molar-refractivity contribution >= 4 is 30.1 Å². The van der Waals surface area contributed by atoms with Gasteiger partial charge in [0.15, 0.2) is 4.77 Å². The fraction of sp³-hybridized carbons (Fsp3) is 0. The third-order valence-electron chi connectivity index (χ3n) is 3.74. The van der Waals surface area contributed by atoms with Crippen LogP contribution in [0.2, 0.25) is 0 Å². The van der Waals surface area contributed by atoms with Crippen LogP contribution < -0.4 is 10.7 Å². The molecule has 0 aliphatic rings. The Morgan fingerprint density at radius 2 is 1.93 bits per heavy atom. The summed E-state index contributed by atoms with van der Waals surface area (Å²) in [6, 6.07) is 8.38. The second kappa shape index (κ2) is 7.45. The van der Waals surface area contributed by atoms with Crippen LogP contribution in [0.3, 0.4) is 0 Å². The summed E-state index contributed by atoms with van der Waals surface area (Å²) in [5.41, 5.74) is -1.08. The number of carboxylic acids is 1. The molecule has 0 saturated heterocycles. The monoisotopic (exact) mass is 400 g/mol. The number of carboxylic acid groups (broad SMARTS) is 1. The molecule has 8 nitrogen and oxygen atoms in total. The van der Waals surface area contributed by atoms with Crippen LogP contribution in [-0.2, 0) is 0 Å². The van der Waals surface area contributed by atoms with Gasteiger partial charge in [-0.1, -0.05) is 11.8 Å². The summed E-state index contributed by atoms with van der Waals surface area (Å²) in [6.07, 6.45) is 1.01. The smallest absolute Gasteiger partial charge is 0.335 e. The van der Waals surface area contributed by atoms with E-state index in [-0.39, 0.29) is 16.0 Å². The Bertz CT molecular complexity index is 1220.